The normalized spacial score (nSPS) is 16.8. The number of fused-ring (bicyclic) bond motifs is 1. The van der Waals surface area contributed by atoms with Gasteiger partial charge in [0.15, 0.2) is 5.82 Å². The van der Waals surface area contributed by atoms with Gasteiger partial charge in [-0.3, -0.25) is 9.89 Å². The van der Waals surface area contributed by atoms with E-state index in [2.05, 4.69) is 15.4 Å². The van der Waals surface area contributed by atoms with Crippen LogP contribution in [0.3, 0.4) is 0 Å². The van der Waals surface area contributed by atoms with Gasteiger partial charge < -0.3 is 5.32 Å². The van der Waals surface area contributed by atoms with Crippen LogP contribution >= 0.6 is 0 Å². The number of aryl methyl sites for hydroxylation is 1. The van der Waals surface area contributed by atoms with Gasteiger partial charge in [0, 0.05) is 17.6 Å². The summed E-state index contributed by atoms with van der Waals surface area (Å²) in [5.41, 5.74) is 2.88. The van der Waals surface area contributed by atoms with Crippen molar-refractivity contribution in [2.24, 2.45) is 0 Å². The van der Waals surface area contributed by atoms with E-state index in [9.17, 15) is 4.79 Å². The van der Waals surface area contributed by atoms with Crippen molar-refractivity contribution in [1.82, 2.24) is 14.8 Å². The minimum absolute atomic E-state index is 0.00756. The SMILES string of the molecule is O=c1c2c([nH]n1-c1ccccn1)CCCC2Nc1ccccc1. The number of para-hydroxylation sites is 1. The number of hydrogen-bond acceptors (Lipinski definition) is 3. The number of benzene rings is 1. The first-order chi connectivity index (χ1) is 11.3. The van der Waals surface area contributed by atoms with Crippen LogP contribution in [0.1, 0.15) is 30.1 Å². The van der Waals surface area contributed by atoms with Crippen LogP contribution in [0.15, 0.2) is 59.5 Å². The van der Waals surface area contributed by atoms with Crippen LogP contribution in [-0.4, -0.2) is 14.8 Å². The lowest BCUT2D eigenvalue weighted by Gasteiger charge is -2.23. The first-order valence-electron chi connectivity index (χ1n) is 7.90. The summed E-state index contributed by atoms with van der Waals surface area (Å²) in [4.78, 5) is 17.1. The Hall–Kier alpha value is -2.82. The second-order valence-electron chi connectivity index (χ2n) is 5.79. The number of anilines is 1. The molecular formula is C18H18N4O. The zero-order chi connectivity index (χ0) is 15.6. The van der Waals surface area contributed by atoms with Gasteiger partial charge in [0.25, 0.3) is 5.56 Å². The number of nitrogens with zero attached hydrogens (tertiary/aromatic N) is 2. The molecule has 2 N–H and O–H groups in total. The lowest BCUT2D eigenvalue weighted by molar-refractivity contribution is 0.592. The third-order valence-corrected chi connectivity index (χ3v) is 4.27. The van der Waals surface area contributed by atoms with Gasteiger partial charge in [-0.05, 0) is 43.5 Å². The average molecular weight is 306 g/mol. The minimum atomic E-state index is -0.00756. The van der Waals surface area contributed by atoms with Crippen molar-refractivity contribution in [2.75, 3.05) is 5.32 Å². The molecule has 0 radical (unpaired) electrons. The zero-order valence-corrected chi connectivity index (χ0v) is 12.7. The molecule has 3 aromatic rings. The number of aromatic amines is 1. The molecule has 0 saturated heterocycles. The van der Waals surface area contributed by atoms with E-state index < -0.39 is 0 Å². The molecule has 0 saturated carbocycles. The Labute approximate surface area is 134 Å². The van der Waals surface area contributed by atoms with Crippen LogP contribution in [0.5, 0.6) is 0 Å². The van der Waals surface area contributed by atoms with Gasteiger partial charge >= 0.3 is 0 Å². The van der Waals surface area contributed by atoms with E-state index in [4.69, 9.17) is 0 Å². The van der Waals surface area contributed by atoms with Gasteiger partial charge in [0.2, 0.25) is 0 Å². The predicted octanol–water partition coefficient (Wildman–Crippen LogP) is 3.05. The maximum atomic E-state index is 12.9. The van der Waals surface area contributed by atoms with E-state index in [0.717, 1.165) is 36.2 Å². The summed E-state index contributed by atoms with van der Waals surface area (Å²) in [6, 6.07) is 15.6. The quantitative estimate of drug-likeness (QED) is 0.782. The molecular weight excluding hydrogens is 288 g/mol. The number of rotatable bonds is 3. The second-order valence-corrected chi connectivity index (χ2v) is 5.79. The summed E-state index contributed by atoms with van der Waals surface area (Å²) in [6.07, 6.45) is 4.61. The highest BCUT2D eigenvalue weighted by Crippen LogP contribution is 2.29. The fraction of sp³-hybridized carbons (Fsp3) is 0.222. The molecule has 1 aliphatic carbocycles. The Morgan fingerprint density at radius 2 is 1.96 bits per heavy atom. The molecule has 1 atom stereocenters. The molecule has 1 aromatic carbocycles. The van der Waals surface area contributed by atoms with Gasteiger partial charge in [-0.15, -0.1) is 0 Å². The van der Waals surface area contributed by atoms with E-state index in [0.29, 0.717) is 5.82 Å². The van der Waals surface area contributed by atoms with Gasteiger partial charge in [-0.2, -0.15) is 0 Å². The van der Waals surface area contributed by atoms with Crippen molar-refractivity contribution in [3.05, 3.63) is 76.3 Å². The van der Waals surface area contributed by atoms with Gasteiger partial charge in [0.05, 0.1) is 11.6 Å². The molecule has 2 aromatic heterocycles. The monoisotopic (exact) mass is 306 g/mol. The van der Waals surface area contributed by atoms with E-state index in [-0.39, 0.29) is 11.6 Å². The highest BCUT2D eigenvalue weighted by Gasteiger charge is 2.27. The summed E-state index contributed by atoms with van der Waals surface area (Å²) in [6.45, 7) is 0. The molecule has 1 unspecified atom stereocenters. The molecule has 2 heterocycles. The number of nitrogens with one attached hydrogen (secondary N) is 2. The number of aromatic nitrogens is 3. The van der Waals surface area contributed by atoms with Crippen LogP contribution in [0.25, 0.3) is 5.82 Å². The van der Waals surface area contributed by atoms with E-state index in [1.807, 2.05) is 48.5 Å². The molecule has 0 spiro atoms. The fourth-order valence-corrected chi connectivity index (χ4v) is 3.20. The molecule has 0 bridgehead atoms. The van der Waals surface area contributed by atoms with Crippen molar-refractivity contribution in [3.8, 4) is 5.82 Å². The van der Waals surface area contributed by atoms with Crippen LogP contribution in [0.4, 0.5) is 5.69 Å². The zero-order valence-electron chi connectivity index (χ0n) is 12.7. The fourth-order valence-electron chi connectivity index (χ4n) is 3.20. The Morgan fingerprint density at radius 3 is 2.74 bits per heavy atom. The third-order valence-electron chi connectivity index (χ3n) is 4.27. The first-order valence-corrected chi connectivity index (χ1v) is 7.90. The van der Waals surface area contributed by atoms with Crippen LogP contribution < -0.4 is 10.9 Å². The predicted molar refractivity (Wildman–Crippen MR) is 89.9 cm³/mol. The van der Waals surface area contributed by atoms with Crippen molar-refractivity contribution in [2.45, 2.75) is 25.3 Å². The summed E-state index contributed by atoms with van der Waals surface area (Å²) in [5, 5.41) is 6.72. The highest BCUT2D eigenvalue weighted by molar-refractivity contribution is 5.46. The van der Waals surface area contributed by atoms with Crippen LogP contribution in [-0.2, 0) is 6.42 Å². The lowest BCUT2D eigenvalue weighted by Crippen LogP contribution is -2.25. The smallest absolute Gasteiger partial charge is 0.278 e. The first kappa shape index (κ1) is 13.8. The molecule has 0 amide bonds. The molecule has 1 aliphatic rings. The highest BCUT2D eigenvalue weighted by atomic mass is 16.1. The third kappa shape index (κ3) is 2.54. The second kappa shape index (κ2) is 5.76. The lowest BCUT2D eigenvalue weighted by atomic mass is 9.93. The summed E-state index contributed by atoms with van der Waals surface area (Å²) in [5.74, 6) is 0.630. The van der Waals surface area contributed by atoms with Crippen LogP contribution in [0.2, 0.25) is 0 Å². The minimum Gasteiger partial charge on any atom is -0.378 e. The van der Waals surface area contributed by atoms with Crippen molar-refractivity contribution in [3.63, 3.8) is 0 Å². The largest absolute Gasteiger partial charge is 0.378 e. The summed E-state index contributed by atoms with van der Waals surface area (Å²) < 4.78 is 1.55. The van der Waals surface area contributed by atoms with Gasteiger partial charge in [0.1, 0.15) is 0 Å². The van der Waals surface area contributed by atoms with Crippen molar-refractivity contribution >= 4 is 5.69 Å². The van der Waals surface area contributed by atoms with E-state index in [1.165, 1.54) is 0 Å². The van der Waals surface area contributed by atoms with Crippen LogP contribution in [0, 0.1) is 0 Å². The summed E-state index contributed by atoms with van der Waals surface area (Å²) >= 11 is 0. The molecule has 5 nitrogen and oxygen atoms in total. The number of H-pyrrole nitrogens is 1. The maximum absolute atomic E-state index is 12.9. The topological polar surface area (TPSA) is 62.7 Å². The number of hydrogen-bond donors (Lipinski definition) is 2. The molecule has 5 heteroatoms. The molecule has 0 aliphatic heterocycles. The van der Waals surface area contributed by atoms with Gasteiger partial charge in [-0.1, -0.05) is 24.3 Å². The molecule has 4 rings (SSSR count). The molecule has 116 valence electrons. The Bertz CT molecular complexity index is 852. The van der Waals surface area contributed by atoms with Crippen molar-refractivity contribution < 1.29 is 0 Å². The van der Waals surface area contributed by atoms with Gasteiger partial charge in [-0.25, -0.2) is 9.67 Å². The van der Waals surface area contributed by atoms with E-state index >= 15 is 0 Å². The van der Waals surface area contributed by atoms with Crippen molar-refractivity contribution in [1.29, 1.82) is 0 Å². The van der Waals surface area contributed by atoms with E-state index in [1.54, 1.807) is 10.9 Å². The average Bonchev–Trinajstić information content (AvgIpc) is 2.95. The Kier molecular flexibility index (Phi) is 3.46. The molecule has 0 fully saturated rings. The standard InChI is InChI=1S/C18H18N4O/c23-18-17-14(20-13-7-2-1-3-8-13)9-6-10-15(17)21-22(18)16-11-4-5-12-19-16/h1-5,7-8,11-12,14,20-21H,6,9-10H2. The number of pyridine rings is 1. The Morgan fingerprint density at radius 1 is 1.13 bits per heavy atom. The maximum Gasteiger partial charge on any atom is 0.278 e. The molecule has 23 heavy (non-hydrogen) atoms. The Balaban J connectivity index is 1.74. The summed E-state index contributed by atoms with van der Waals surface area (Å²) in [7, 11) is 0.